The first-order valence-corrected chi connectivity index (χ1v) is 9.82. The molecule has 12 heteroatoms. The molecule has 3 atom stereocenters. The topological polar surface area (TPSA) is 220 Å². The monoisotopic (exact) mass is 430 g/mol. The van der Waals surface area contributed by atoms with Crippen molar-refractivity contribution in [3.63, 3.8) is 0 Å². The summed E-state index contributed by atoms with van der Waals surface area (Å²) in [4.78, 5) is 58.9. The van der Waals surface area contributed by atoms with Gasteiger partial charge in [0.25, 0.3) is 0 Å². The van der Waals surface area contributed by atoms with E-state index in [2.05, 4.69) is 16.0 Å². The first kappa shape index (κ1) is 27.3. The predicted molar refractivity (Wildman–Crippen MR) is 109 cm³/mol. The van der Waals surface area contributed by atoms with Gasteiger partial charge in [0, 0.05) is 0 Å². The van der Waals surface area contributed by atoms with Crippen molar-refractivity contribution >= 4 is 29.6 Å². The van der Waals surface area contributed by atoms with Crippen LogP contribution in [0.1, 0.15) is 46.0 Å². The molecule has 12 nitrogen and oxygen atoms in total. The summed E-state index contributed by atoms with van der Waals surface area (Å²) in [5.41, 5.74) is 16.3. The van der Waals surface area contributed by atoms with Gasteiger partial charge >= 0.3 is 5.97 Å². The van der Waals surface area contributed by atoms with Gasteiger partial charge in [0.15, 0.2) is 0 Å². The maximum absolute atomic E-state index is 12.3. The summed E-state index contributed by atoms with van der Waals surface area (Å²) in [6, 6.07) is -3.30. The molecule has 0 bridgehead atoms. The van der Waals surface area contributed by atoms with Crippen LogP contribution in [-0.4, -0.2) is 65.9 Å². The third-order valence-electron chi connectivity index (χ3n) is 4.11. The molecular weight excluding hydrogens is 396 g/mol. The lowest BCUT2D eigenvalue weighted by molar-refractivity contribution is -0.142. The molecule has 0 aliphatic heterocycles. The lowest BCUT2D eigenvalue weighted by Crippen LogP contribution is -2.54. The van der Waals surface area contributed by atoms with Crippen LogP contribution in [0.15, 0.2) is 0 Å². The molecule has 0 radical (unpaired) electrons. The van der Waals surface area contributed by atoms with E-state index in [1.807, 2.05) is 13.8 Å². The lowest BCUT2D eigenvalue weighted by atomic mass is 10.0. The number of carbonyl (C=O) groups excluding carboxylic acids is 4. The van der Waals surface area contributed by atoms with Gasteiger partial charge in [0.2, 0.25) is 23.6 Å². The van der Waals surface area contributed by atoms with Crippen molar-refractivity contribution in [1.82, 2.24) is 16.0 Å². The number of aliphatic carboxylic acids is 1. The molecule has 0 saturated heterocycles. The summed E-state index contributed by atoms with van der Waals surface area (Å²) in [5, 5.41) is 16.1. The molecule has 0 aromatic heterocycles. The Morgan fingerprint density at radius 1 is 0.967 bits per heavy atom. The zero-order valence-electron chi connectivity index (χ0n) is 17.5. The van der Waals surface area contributed by atoms with Gasteiger partial charge in [-0.2, -0.15) is 0 Å². The van der Waals surface area contributed by atoms with Crippen LogP contribution >= 0.6 is 0 Å². The summed E-state index contributed by atoms with van der Waals surface area (Å²) >= 11 is 0. The zero-order chi connectivity index (χ0) is 23.3. The first-order chi connectivity index (χ1) is 14.0. The van der Waals surface area contributed by atoms with Crippen LogP contribution in [0, 0.1) is 5.92 Å². The van der Waals surface area contributed by atoms with Crippen LogP contribution in [0.5, 0.6) is 0 Å². The Labute approximate surface area is 175 Å². The molecule has 0 saturated carbocycles. The zero-order valence-corrected chi connectivity index (χ0v) is 17.5. The standard InChI is InChI=1S/C18H34N6O6/c1-10(2)7-13(18(29)30)23-15(26)9-22-17(28)12(8-14(21)25)24-16(27)11(20)5-3-4-6-19/h10-13H,3-9,19-20H2,1-2H3,(H2,21,25)(H,22,28)(H,23,26)(H,24,27)(H,29,30). The minimum Gasteiger partial charge on any atom is -0.480 e. The number of hydrogen-bond acceptors (Lipinski definition) is 7. The first-order valence-electron chi connectivity index (χ1n) is 9.82. The highest BCUT2D eigenvalue weighted by Crippen LogP contribution is 2.05. The number of nitrogens with one attached hydrogen (secondary N) is 3. The fraction of sp³-hybridized carbons (Fsp3) is 0.722. The van der Waals surface area contributed by atoms with Crippen LogP contribution in [0.4, 0.5) is 0 Å². The summed E-state index contributed by atoms with van der Waals surface area (Å²) in [6.07, 6.45) is 1.40. The van der Waals surface area contributed by atoms with Crippen LogP contribution in [0.25, 0.3) is 0 Å². The van der Waals surface area contributed by atoms with Gasteiger partial charge in [-0.1, -0.05) is 20.3 Å². The van der Waals surface area contributed by atoms with Crippen molar-refractivity contribution < 1.29 is 29.1 Å². The Morgan fingerprint density at radius 2 is 1.60 bits per heavy atom. The number of rotatable bonds is 15. The van der Waals surface area contributed by atoms with E-state index >= 15 is 0 Å². The molecule has 0 spiro atoms. The number of carboxylic acids is 1. The van der Waals surface area contributed by atoms with E-state index in [0.29, 0.717) is 25.8 Å². The van der Waals surface area contributed by atoms with E-state index in [9.17, 15) is 24.0 Å². The van der Waals surface area contributed by atoms with Crippen LogP contribution in [-0.2, 0) is 24.0 Å². The van der Waals surface area contributed by atoms with Crippen LogP contribution in [0.2, 0.25) is 0 Å². The van der Waals surface area contributed by atoms with Crippen molar-refractivity contribution in [2.24, 2.45) is 23.1 Å². The van der Waals surface area contributed by atoms with E-state index in [1.165, 1.54) is 0 Å². The average Bonchev–Trinajstić information content (AvgIpc) is 2.64. The van der Waals surface area contributed by atoms with Crippen molar-refractivity contribution in [3.05, 3.63) is 0 Å². The molecule has 0 heterocycles. The van der Waals surface area contributed by atoms with Gasteiger partial charge in [-0.3, -0.25) is 19.2 Å². The molecule has 3 unspecified atom stereocenters. The molecule has 4 amide bonds. The number of unbranched alkanes of at least 4 members (excludes halogenated alkanes) is 1. The molecular formula is C18H34N6O6. The highest BCUT2D eigenvalue weighted by atomic mass is 16.4. The number of carbonyl (C=O) groups is 5. The number of primary amides is 1. The van der Waals surface area contributed by atoms with E-state index < -0.39 is 60.7 Å². The fourth-order valence-electron chi connectivity index (χ4n) is 2.56. The van der Waals surface area contributed by atoms with Gasteiger partial charge in [-0.05, 0) is 31.7 Å². The maximum Gasteiger partial charge on any atom is 0.326 e. The molecule has 0 aliphatic carbocycles. The van der Waals surface area contributed by atoms with Gasteiger partial charge in [-0.25, -0.2) is 4.79 Å². The summed E-state index contributed by atoms with van der Waals surface area (Å²) in [5.74, 6) is -4.17. The van der Waals surface area contributed by atoms with Gasteiger partial charge in [0.05, 0.1) is 19.0 Å². The van der Waals surface area contributed by atoms with Crippen molar-refractivity contribution in [2.45, 2.75) is 64.1 Å². The highest BCUT2D eigenvalue weighted by Gasteiger charge is 2.26. The normalized spacial score (nSPS) is 13.8. The van der Waals surface area contributed by atoms with Gasteiger partial charge in [-0.15, -0.1) is 0 Å². The van der Waals surface area contributed by atoms with Crippen LogP contribution < -0.4 is 33.2 Å². The van der Waals surface area contributed by atoms with Crippen molar-refractivity contribution in [2.75, 3.05) is 13.1 Å². The molecule has 172 valence electrons. The lowest BCUT2D eigenvalue weighted by Gasteiger charge is -2.20. The predicted octanol–water partition coefficient (Wildman–Crippen LogP) is -2.47. The minimum atomic E-state index is -1.31. The van der Waals surface area contributed by atoms with E-state index in [4.69, 9.17) is 22.3 Å². The number of amides is 4. The second-order valence-corrected chi connectivity index (χ2v) is 7.43. The van der Waals surface area contributed by atoms with Crippen molar-refractivity contribution in [1.29, 1.82) is 0 Å². The van der Waals surface area contributed by atoms with Gasteiger partial charge in [0.1, 0.15) is 12.1 Å². The Bertz CT molecular complexity index is 612. The molecule has 0 aromatic rings. The van der Waals surface area contributed by atoms with E-state index in [1.54, 1.807) is 0 Å². The quantitative estimate of drug-likeness (QED) is 0.138. The Kier molecular flexibility index (Phi) is 13.0. The SMILES string of the molecule is CC(C)CC(NC(=O)CNC(=O)C(CC(N)=O)NC(=O)C(N)CCCCN)C(=O)O. The number of carboxylic acid groups (broad SMARTS) is 1. The Morgan fingerprint density at radius 3 is 2.10 bits per heavy atom. The van der Waals surface area contributed by atoms with E-state index in [-0.39, 0.29) is 12.3 Å². The third kappa shape index (κ3) is 12.0. The Balaban J connectivity index is 4.79. The average molecular weight is 431 g/mol. The summed E-state index contributed by atoms with van der Waals surface area (Å²) in [6.45, 7) is 3.54. The summed E-state index contributed by atoms with van der Waals surface area (Å²) < 4.78 is 0. The molecule has 0 rings (SSSR count). The summed E-state index contributed by atoms with van der Waals surface area (Å²) in [7, 11) is 0. The molecule has 0 aliphatic rings. The molecule has 0 fully saturated rings. The van der Waals surface area contributed by atoms with Crippen molar-refractivity contribution in [3.8, 4) is 0 Å². The molecule has 30 heavy (non-hydrogen) atoms. The fourth-order valence-corrected chi connectivity index (χ4v) is 2.56. The largest absolute Gasteiger partial charge is 0.480 e. The van der Waals surface area contributed by atoms with E-state index in [0.717, 1.165) is 0 Å². The minimum absolute atomic E-state index is 0.0326. The second kappa shape index (κ2) is 14.3. The maximum atomic E-state index is 12.3. The number of hydrogen-bond donors (Lipinski definition) is 7. The third-order valence-corrected chi connectivity index (χ3v) is 4.11. The molecule has 0 aromatic carbocycles. The Hall–Kier alpha value is -2.73. The second-order valence-electron chi connectivity index (χ2n) is 7.43. The highest BCUT2D eigenvalue weighted by molar-refractivity contribution is 5.95. The number of nitrogens with two attached hydrogens (primary N) is 3. The van der Waals surface area contributed by atoms with Crippen LogP contribution in [0.3, 0.4) is 0 Å². The molecule has 10 N–H and O–H groups in total. The van der Waals surface area contributed by atoms with Gasteiger partial charge < -0.3 is 38.3 Å². The smallest absolute Gasteiger partial charge is 0.326 e.